The minimum Gasteiger partial charge on any atom is -0.373 e. The van der Waals surface area contributed by atoms with Crippen LogP contribution in [0.25, 0.3) is 0 Å². The third-order valence-electron chi connectivity index (χ3n) is 3.87. The van der Waals surface area contributed by atoms with Crippen molar-refractivity contribution in [2.45, 2.75) is 53.4 Å². The van der Waals surface area contributed by atoms with E-state index in [1.807, 2.05) is 0 Å². The van der Waals surface area contributed by atoms with Crippen LogP contribution in [0.3, 0.4) is 0 Å². The summed E-state index contributed by atoms with van der Waals surface area (Å²) in [6, 6.07) is 0. The molecular formula is C14H25N3O. The van der Waals surface area contributed by atoms with E-state index in [0.717, 1.165) is 31.9 Å². The van der Waals surface area contributed by atoms with Crippen LogP contribution in [0, 0.1) is 20.8 Å². The molecule has 1 saturated heterocycles. The summed E-state index contributed by atoms with van der Waals surface area (Å²) in [6.45, 7) is 14.8. The van der Waals surface area contributed by atoms with Gasteiger partial charge in [-0.15, -0.1) is 0 Å². The lowest BCUT2D eigenvalue weighted by molar-refractivity contribution is -0.0687. The molecule has 102 valence electrons. The van der Waals surface area contributed by atoms with Crippen molar-refractivity contribution >= 4 is 0 Å². The maximum atomic E-state index is 5.75. The highest BCUT2D eigenvalue weighted by Gasteiger charge is 2.22. The fourth-order valence-electron chi connectivity index (χ4n) is 2.71. The quantitative estimate of drug-likeness (QED) is 0.822. The lowest BCUT2D eigenvalue weighted by Gasteiger charge is -2.35. The maximum absolute atomic E-state index is 5.75. The van der Waals surface area contributed by atoms with E-state index in [-0.39, 0.29) is 0 Å². The summed E-state index contributed by atoms with van der Waals surface area (Å²) in [5.41, 5.74) is 3.76. The number of nitrogens with zero attached hydrogens (tertiary/aromatic N) is 3. The molecule has 1 aromatic rings. The molecule has 2 rings (SSSR count). The van der Waals surface area contributed by atoms with Gasteiger partial charge in [0, 0.05) is 25.3 Å². The highest BCUT2D eigenvalue weighted by Crippen LogP contribution is 2.13. The number of hydrogen-bond acceptors (Lipinski definition) is 3. The molecule has 0 amide bonds. The van der Waals surface area contributed by atoms with Crippen molar-refractivity contribution in [3.63, 3.8) is 0 Å². The summed E-state index contributed by atoms with van der Waals surface area (Å²) in [5, 5.41) is 4.59. The summed E-state index contributed by atoms with van der Waals surface area (Å²) < 4.78 is 7.89. The third-order valence-corrected chi connectivity index (χ3v) is 3.87. The topological polar surface area (TPSA) is 30.3 Å². The Labute approximate surface area is 110 Å². The molecule has 4 heteroatoms. The van der Waals surface area contributed by atoms with E-state index >= 15 is 0 Å². The van der Waals surface area contributed by atoms with Crippen molar-refractivity contribution in [2.24, 2.45) is 0 Å². The second-order valence-corrected chi connectivity index (χ2v) is 5.54. The summed E-state index contributed by atoms with van der Waals surface area (Å²) in [5.74, 6) is 0. The smallest absolute Gasteiger partial charge is 0.0678 e. The van der Waals surface area contributed by atoms with Gasteiger partial charge in [-0.25, -0.2) is 0 Å². The Morgan fingerprint density at radius 3 is 2.22 bits per heavy atom. The first-order chi connectivity index (χ1) is 8.47. The summed E-state index contributed by atoms with van der Waals surface area (Å²) in [4.78, 5) is 2.48. The van der Waals surface area contributed by atoms with Gasteiger partial charge in [-0.3, -0.25) is 9.58 Å². The van der Waals surface area contributed by atoms with Gasteiger partial charge in [0.2, 0.25) is 0 Å². The van der Waals surface area contributed by atoms with E-state index in [9.17, 15) is 0 Å². The van der Waals surface area contributed by atoms with Crippen molar-refractivity contribution < 1.29 is 4.74 Å². The van der Waals surface area contributed by atoms with Gasteiger partial charge in [0.05, 0.1) is 24.4 Å². The van der Waals surface area contributed by atoms with E-state index in [2.05, 4.69) is 49.3 Å². The molecule has 2 heterocycles. The van der Waals surface area contributed by atoms with Crippen molar-refractivity contribution in [2.75, 3.05) is 19.6 Å². The summed E-state index contributed by atoms with van der Waals surface area (Å²) in [7, 11) is 0. The van der Waals surface area contributed by atoms with Gasteiger partial charge < -0.3 is 4.74 Å². The molecule has 0 saturated carbocycles. The van der Waals surface area contributed by atoms with Gasteiger partial charge in [0.15, 0.2) is 0 Å². The zero-order valence-corrected chi connectivity index (χ0v) is 12.2. The minimum absolute atomic E-state index is 0.343. The number of aryl methyl sites for hydroxylation is 1. The second-order valence-electron chi connectivity index (χ2n) is 5.54. The number of aromatic nitrogens is 2. The number of ether oxygens (including phenoxy) is 1. The Hall–Kier alpha value is -0.870. The molecule has 0 unspecified atom stereocenters. The molecule has 0 aromatic carbocycles. The van der Waals surface area contributed by atoms with Crippen molar-refractivity contribution in [1.82, 2.24) is 14.7 Å². The average molecular weight is 251 g/mol. The molecule has 0 radical (unpaired) electrons. The minimum atomic E-state index is 0.343. The standard InChI is InChI=1S/C14H25N3O/c1-10-8-16(9-11(2)18-10)6-7-17-14(5)12(3)13(4)15-17/h10-11H,6-9H2,1-5H3/t10-,11+. The predicted octanol–water partition coefficient (Wildman–Crippen LogP) is 1.92. The third kappa shape index (κ3) is 2.93. The number of hydrogen-bond donors (Lipinski definition) is 0. The Morgan fingerprint density at radius 1 is 1.11 bits per heavy atom. The van der Waals surface area contributed by atoms with E-state index in [1.54, 1.807) is 0 Å². The van der Waals surface area contributed by atoms with Crippen molar-refractivity contribution in [3.8, 4) is 0 Å². The van der Waals surface area contributed by atoms with Crippen LogP contribution in [0.4, 0.5) is 0 Å². The van der Waals surface area contributed by atoms with Gasteiger partial charge in [-0.1, -0.05) is 0 Å². The molecule has 1 aliphatic rings. The van der Waals surface area contributed by atoms with E-state index in [0.29, 0.717) is 12.2 Å². The van der Waals surface area contributed by atoms with Gasteiger partial charge >= 0.3 is 0 Å². The van der Waals surface area contributed by atoms with Gasteiger partial charge in [0.1, 0.15) is 0 Å². The molecule has 0 bridgehead atoms. The molecule has 4 nitrogen and oxygen atoms in total. The molecule has 2 atom stereocenters. The molecule has 1 aliphatic heterocycles. The highest BCUT2D eigenvalue weighted by atomic mass is 16.5. The van der Waals surface area contributed by atoms with Crippen LogP contribution in [0.15, 0.2) is 0 Å². The fraction of sp³-hybridized carbons (Fsp3) is 0.786. The molecule has 0 aliphatic carbocycles. The van der Waals surface area contributed by atoms with Crippen LogP contribution < -0.4 is 0 Å². The molecule has 1 fully saturated rings. The first-order valence-electron chi connectivity index (χ1n) is 6.85. The van der Waals surface area contributed by atoms with Gasteiger partial charge in [-0.05, 0) is 40.2 Å². The average Bonchev–Trinajstić information content (AvgIpc) is 2.53. The zero-order chi connectivity index (χ0) is 13.3. The Kier molecular flexibility index (Phi) is 4.07. The van der Waals surface area contributed by atoms with Crippen LogP contribution in [-0.2, 0) is 11.3 Å². The van der Waals surface area contributed by atoms with Crippen LogP contribution in [0.1, 0.15) is 30.8 Å². The first-order valence-corrected chi connectivity index (χ1v) is 6.85. The fourth-order valence-corrected chi connectivity index (χ4v) is 2.71. The van der Waals surface area contributed by atoms with Gasteiger partial charge in [-0.2, -0.15) is 5.10 Å². The molecule has 1 aromatic heterocycles. The molecule has 0 spiro atoms. The van der Waals surface area contributed by atoms with Crippen LogP contribution >= 0.6 is 0 Å². The molecule has 18 heavy (non-hydrogen) atoms. The Bertz CT molecular complexity index is 403. The highest BCUT2D eigenvalue weighted by molar-refractivity contribution is 5.22. The van der Waals surface area contributed by atoms with Crippen molar-refractivity contribution in [3.05, 3.63) is 17.0 Å². The SMILES string of the molecule is Cc1nn(CCN2C[C@@H](C)O[C@@H](C)C2)c(C)c1C. The molecular weight excluding hydrogens is 226 g/mol. The molecule has 0 N–H and O–H groups in total. The van der Waals surface area contributed by atoms with Gasteiger partial charge in [0.25, 0.3) is 0 Å². The maximum Gasteiger partial charge on any atom is 0.0678 e. The second kappa shape index (κ2) is 5.41. The van der Waals surface area contributed by atoms with E-state index < -0.39 is 0 Å². The number of morpholine rings is 1. The predicted molar refractivity (Wildman–Crippen MR) is 72.9 cm³/mol. The summed E-state index contributed by atoms with van der Waals surface area (Å²) in [6.07, 6.45) is 0.687. The first kappa shape index (κ1) is 13.6. The Morgan fingerprint density at radius 2 is 1.72 bits per heavy atom. The van der Waals surface area contributed by atoms with E-state index in [1.165, 1.54) is 11.3 Å². The Balaban J connectivity index is 1.93. The number of rotatable bonds is 3. The summed E-state index contributed by atoms with van der Waals surface area (Å²) >= 11 is 0. The lowest BCUT2D eigenvalue weighted by Crippen LogP contribution is -2.46. The van der Waals surface area contributed by atoms with Crippen LogP contribution in [-0.4, -0.2) is 46.5 Å². The van der Waals surface area contributed by atoms with Crippen LogP contribution in [0.2, 0.25) is 0 Å². The van der Waals surface area contributed by atoms with E-state index in [4.69, 9.17) is 4.74 Å². The zero-order valence-electron chi connectivity index (χ0n) is 12.2. The normalized spacial score (nSPS) is 25.6. The monoisotopic (exact) mass is 251 g/mol. The lowest BCUT2D eigenvalue weighted by atomic mass is 10.2. The van der Waals surface area contributed by atoms with Crippen LogP contribution in [0.5, 0.6) is 0 Å². The largest absolute Gasteiger partial charge is 0.373 e. The van der Waals surface area contributed by atoms with Crippen molar-refractivity contribution in [1.29, 1.82) is 0 Å².